The van der Waals surface area contributed by atoms with Crippen LogP contribution in [-0.4, -0.2) is 30.6 Å². The van der Waals surface area contributed by atoms with E-state index >= 15 is 0 Å². The molecule has 1 aliphatic rings. The van der Waals surface area contributed by atoms with E-state index in [1.807, 2.05) is 0 Å². The second-order valence-corrected chi connectivity index (χ2v) is 6.63. The van der Waals surface area contributed by atoms with Crippen molar-refractivity contribution in [3.63, 3.8) is 0 Å². The molecule has 0 spiro atoms. The van der Waals surface area contributed by atoms with Crippen molar-refractivity contribution in [2.45, 2.75) is 19.0 Å². The van der Waals surface area contributed by atoms with Crippen LogP contribution in [0.25, 0.3) is 0 Å². The lowest BCUT2D eigenvalue weighted by Crippen LogP contribution is -2.50. The molecule has 2 nitrogen and oxygen atoms in total. The van der Waals surface area contributed by atoms with Gasteiger partial charge >= 0.3 is 0 Å². The maximum absolute atomic E-state index is 3.61. The average Bonchev–Trinajstić information content (AvgIpc) is 2.49. The highest BCUT2D eigenvalue weighted by Crippen LogP contribution is 2.30. The average molecular weight is 345 g/mol. The van der Waals surface area contributed by atoms with Crippen molar-refractivity contribution >= 4 is 15.9 Å². The van der Waals surface area contributed by atoms with Crippen LogP contribution in [0.5, 0.6) is 0 Å². The summed E-state index contributed by atoms with van der Waals surface area (Å²) in [5.74, 6) is 0. The van der Waals surface area contributed by atoms with E-state index < -0.39 is 0 Å². The Balaban J connectivity index is 1.98. The first kappa shape index (κ1) is 14.8. The molecule has 3 heteroatoms. The lowest BCUT2D eigenvalue weighted by molar-refractivity contribution is 0.170. The van der Waals surface area contributed by atoms with E-state index in [9.17, 15) is 0 Å². The number of nitrogens with one attached hydrogen (secondary N) is 1. The van der Waals surface area contributed by atoms with Gasteiger partial charge in [-0.25, -0.2) is 0 Å². The van der Waals surface area contributed by atoms with Crippen molar-refractivity contribution in [3.05, 3.63) is 70.2 Å². The number of hydrogen-bond donors (Lipinski definition) is 1. The number of hydrogen-bond acceptors (Lipinski definition) is 2. The molecular weight excluding hydrogens is 324 g/mol. The van der Waals surface area contributed by atoms with Crippen LogP contribution in [0.15, 0.2) is 59.1 Å². The molecule has 1 fully saturated rings. The molecule has 2 aromatic carbocycles. The first-order valence-electron chi connectivity index (χ1n) is 7.52. The third-order valence-corrected chi connectivity index (χ3v) is 4.54. The Morgan fingerprint density at radius 2 is 1.86 bits per heavy atom. The van der Waals surface area contributed by atoms with Gasteiger partial charge in [0.2, 0.25) is 0 Å². The summed E-state index contributed by atoms with van der Waals surface area (Å²) >= 11 is 3.61. The van der Waals surface area contributed by atoms with Crippen LogP contribution in [0.1, 0.15) is 24.1 Å². The summed E-state index contributed by atoms with van der Waals surface area (Å²) in [6.07, 6.45) is 0. The molecule has 1 heterocycles. The fraction of sp³-hybridized carbons (Fsp3) is 0.333. The molecule has 3 rings (SSSR count). The van der Waals surface area contributed by atoms with Crippen molar-refractivity contribution in [1.29, 1.82) is 0 Å². The minimum absolute atomic E-state index is 0.327. The number of rotatable bonds is 3. The third kappa shape index (κ3) is 3.54. The summed E-state index contributed by atoms with van der Waals surface area (Å²) in [6, 6.07) is 20.4. The molecule has 1 saturated heterocycles. The van der Waals surface area contributed by atoms with Crippen LogP contribution in [-0.2, 0) is 0 Å². The molecule has 1 N–H and O–H groups in total. The maximum Gasteiger partial charge on any atom is 0.0603 e. The number of halogens is 1. The summed E-state index contributed by atoms with van der Waals surface area (Å²) in [5.41, 5.74) is 2.72. The lowest BCUT2D eigenvalue weighted by atomic mass is 9.96. The molecule has 110 valence electrons. The molecule has 1 aliphatic heterocycles. The van der Waals surface area contributed by atoms with Gasteiger partial charge in [0, 0.05) is 30.1 Å². The molecule has 0 amide bonds. The molecule has 2 atom stereocenters. The van der Waals surface area contributed by atoms with Crippen LogP contribution in [0.4, 0.5) is 0 Å². The van der Waals surface area contributed by atoms with Gasteiger partial charge in [0.1, 0.15) is 0 Å². The van der Waals surface area contributed by atoms with E-state index in [0.717, 1.165) is 24.1 Å². The van der Waals surface area contributed by atoms with Crippen molar-refractivity contribution in [2.24, 2.45) is 0 Å². The zero-order valence-electron chi connectivity index (χ0n) is 12.3. The molecule has 0 bridgehead atoms. The largest absolute Gasteiger partial charge is 0.312 e. The Morgan fingerprint density at radius 3 is 2.57 bits per heavy atom. The lowest BCUT2D eigenvalue weighted by Gasteiger charge is -2.38. The standard InChI is InChI=1S/C18H21BrN2/c1-14-13-21(11-10-20-14)18(15-6-3-2-4-7-15)16-8-5-9-17(19)12-16/h2-9,12,14,18,20H,10-11,13H2,1H3/t14-,18?/m1/s1. The smallest absolute Gasteiger partial charge is 0.0603 e. The first-order valence-corrected chi connectivity index (χ1v) is 8.31. The van der Waals surface area contributed by atoms with Gasteiger partial charge in [0.05, 0.1) is 6.04 Å². The Labute approximate surface area is 135 Å². The highest BCUT2D eigenvalue weighted by molar-refractivity contribution is 9.10. The molecule has 0 aliphatic carbocycles. The van der Waals surface area contributed by atoms with Gasteiger partial charge in [-0.05, 0) is 30.2 Å². The second kappa shape index (κ2) is 6.73. The normalized spacial score (nSPS) is 21.1. The Hall–Kier alpha value is -1.16. The quantitative estimate of drug-likeness (QED) is 0.910. The van der Waals surface area contributed by atoms with Crippen LogP contribution in [0.2, 0.25) is 0 Å². The maximum atomic E-state index is 3.61. The van der Waals surface area contributed by atoms with Gasteiger partial charge in [-0.15, -0.1) is 0 Å². The van der Waals surface area contributed by atoms with Crippen LogP contribution in [0, 0.1) is 0 Å². The zero-order chi connectivity index (χ0) is 14.7. The van der Waals surface area contributed by atoms with Gasteiger partial charge in [-0.1, -0.05) is 58.4 Å². The highest BCUT2D eigenvalue weighted by atomic mass is 79.9. The van der Waals surface area contributed by atoms with Crippen LogP contribution in [0.3, 0.4) is 0 Å². The van der Waals surface area contributed by atoms with E-state index in [0.29, 0.717) is 12.1 Å². The van der Waals surface area contributed by atoms with Crippen molar-refractivity contribution in [1.82, 2.24) is 10.2 Å². The minimum Gasteiger partial charge on any atom is -0.312 e. The van der Waals surface area contributed by atoms with E-state index in [1.54, 1.807) is 0 Å². The molecular formula is C18H21BrN2. The van der Waals surface area contributed by atoms with Crippen molar-refractivity contribution < 1.29 is 0 Å². The Kier molecular flexibility index (Phi) is 4.73. The number of benzene rings is 2. The van der Waals surface area contributed by atoms with Gasteiger partial charge in [-0.3, -0.25) is 4.90 Å². The van der Waals surface area contributed by atoms with Gasteiger partial charge in [0.15, 0.2) is 0 Å². The summed E-state index contributed by atoms with van der Waals surface area (Å²) in [5, 5.41) is 3.53. The first-order chi connectivity index (χ1) is 10.2. The monoisotopic (exact) mass is 344 g/mol. The van der Waals surface area contributed by atoms with Crippen LogP contribution < -0.4 is 5.32 Å². The van der Waals surface area contributed by atoms with E-state index in [4.69, 9.17) is 0 Å². The van der Waals surface area contributed by atoms with Crippen LogP contribution >= 0.6 is 15.9 Å². The molecule has 2 aromatic rings. The zero-order valence-corrected chi connectivity index (χ0v) is 13.9. The SMILES string of the molecule is C[C@@H]1CN(C(c2ccccc2)c2cccc(Br)c2)CCN1. The highest BCUT2D eigenvalue weighted by Gasteiger charge is 2.26. The van der Waals surface area contributed by atoms with Gasteiger partial charge in [-0.2, -0.15) is 0 Å². The minimum atomic E-state index is 0.327. The van der Waals surface area contributed by atoms with E-state index in [1.165, 1.54) is 11.1 Å². The second-order valence-electron chi connectivity index (χ2n) is 5.72. The third-order valence-electron chi connectivity index (χ3n) is 4.05. The summed E-state index contributed by atoms with van der Waals surface area (Å²) in [4.78, 5) is 2.58. The fourth-order valence-corrected chi connectivity index (χ4v) is 3.54. The topological polar surface area (TPSA) is 15.3 Å². The molecule has 0 aromatic heterocycles. The van der Waals surface area contributed by atoms with Gasteiger partial charge < -0.3 is 5.32 Å². The predicted octanol–water partition coefficient (Wildman–Crippen LogP) is 3.83. The number of nitrogens with zero attached hydrogens (tertiary/aromatic N) is 1. The molecule has 1 unspecified atom stereocenters. The van der Waals surface area contributed by atoms with Crippen molar-refractivity contribution in [3.8, 4) is 0 Å². The van der Waals surface area contributed by atoms with Gasteiger partial charge in [0.25, 0.3) is 0 Å². The van der Waals surface area contributed by atoms with E-state index in [-0.39, 0.29) is 0 Å². The molecule has 21 heavy (non-hydrogen) atoms. The van der Waals surface area contributed by atoms with E-state index in [2.05, 4.69) is 87.7 Å². The summed E-state index contributed by atoms with van der Waals surface area (Å²) in [6.45, 7) is 5.47. The fourth-order valence-electron chi connectivity index (χ4n) is 3.12. The molecule has 0 saturated carbocycles. The predicted molar refractivity (Wildman–Crippen MR) is 91.5 cm³/mol. The molecule has 0 radical (unpaired) electrons. The Bertz CT molecular complexity index is 585. The Morgan fingerprint density at radius 1 is 1.10 bits per heavy atom. The summed E-state index contributed by atoms with van der Waals surface area (Å²) < 4.78 is 1.14. The van der Waals surface area contributed by atoms with Crippen molar-refractivity contribution in [2.75, 3.05) is 19.6 Å². The summed E-state index contributed by atoms with van der Waals surface area (Å²) in [7, 11) is 0. The number of piperazine rings is 1.